The number of hydrogen-bond acceptors (Lipinski definition) is 3. The Morgan fingerprint density at radius 3 is 2.72 bits per heavy atom. The fourth-order valence-electron chi connectivity index (χ4n) is 2.84. The number of para-hydroxylation sites is 1. The van der Waals surface area contributed by atoms with Gasteiger partial charge < -0.3 is 15.5 Å². The van der Waals surface area contributed by atoms with Crippen LogP contribution in [-0.2, 0) is 4.79 Å². The molecule has 5 heteroatoms. The first-order chi connectivity index (χ1) is 12.1. The van der Waals surface area contributed by atoms with E-state index >= 15 is 0 Å². The van der Waals surface area contributed by atoms with Gasteiger partial charge in [0.15, 0.2) is 0 Å². The lowest BCUT2D eigenvalue weighted by molar-refractivity contribution is -0.110. The van der Waals surface area contributed by atoms with Crippen molar-refractivity contribution in [3.05, 3.63) is 77.6 Å². The molecule has 0 aliphatic carbocycles. The number of furan rings is 1. The summed E-state index contributed by atoms with van der Waals surface area (Å²) in [4.78, 5) is 23.5. The standard InChI is InChI=1S/C20H14N2O3/c21-19(23)13-5-3-4-12(10-13)18-9-8-14(25-18)11-16-15-6-1-2-7-17(15)22-20(16)24/h1-11H,(H2,21,23)(H,22,24)/b16-11+. The van der Waals surface area contributed by atoms with E-state index in [0.717, 1.165) is 16.8 Å². The van der Waals surface area contributed by atoms with Gasteiger partial charge in [-0.3, -0.25) is 9.59 Å². The highest BCUT2D eigenvalue weighted by molar-refractivity contribution is 6.34. The fraction of sp³-hybridized carbons (Fsp3) is 0. The molecule has 2 aromatic carbocycles. The highest BCUT2D eigenvalue weighted by atomic mass is 16.3. The monoisotopic (exact) mass is 330 g/mol. The van der Waals surface area contributed by atoms with Crippen LogP contribution in [0, 0.1) is 0 Å². The minimum absolute atomic E-state index is 0.158. The zero-order chi connectivity index (χ0) is 17.4. The van der Waals surface area contributed by atoms with E-state index in [0.29, 0.717) is 22.7 Å². The third-order valence-corrected chi connectivity index (χ3v) is 4.06. The summed E-state index contributed by atoms with van der Waals surface area (Å²) in [6.45, 7) is 0. The van der Waals surface area contributed by atoms with E-state index in [4.69, 9.17) is 10.2 Å². The van der Waals surface area contributed by atoms with Crippen molar-refractivity contribution in [1.29, 1.82) is 0 Å². The molecule has 1 aliphatic rings. The summed E-state index contributed by atoms with van der Waals surface area (Å²) in [5.74, 6) is 0.507. The highest BCUT2D eigenvalue weighted by Gasteiger charge is 2.23. The van der Waals surface area contributed by atoms with Gasteiger partial charge in [0.1, 0.15) is 11.5 Å². The van der Waals surface area contributed by atoms with Gasteiger partial charge in [-0.2, -0.15) is 0 Å². The van der Waals surface area contributed by atoms with Crippen molar-refractivity contribution in [1.82, 2.24) is 0 Å². The smallest absolute Gasteiger partial charge is 0.256 e. The SMILES string of the molecule is NC(=O)c1cccc(-c2ccc(/C=C3/C(=O)Nc4ccccc43)o2)c1. The molecule has 0 saturated carbocycles. The average Bonchev–Trinajstić information content (AvgIpc) is 3.21. The molecule has 2 amide bonds. The van der Waals surface area contributed by atoms with Crippen molar-refractivity contribution in [3.63, 3.8) is 0 Å². The molecule has 0 bridgehead atoms. The van der Waals surface area contributed by atoms with Crippen LogP contribution in [-0.4, -0.2) is 11.8 Å². The lowest BCUT2D eigenvalue weighted by Crippen LogP contribution is -2.10. The van der Waals surface area contributed by atoms with Crippen LogP contribution in [0.5, 0.6) is 0 Å². The van der Waals surface area contributed by atoms with Gasteiger partial charge in [-0.05, 0) is 36.4 Å². The number of nitrogens with one attached hydrogen (secondary N) is 1. The zero-order valence-electron chi connectivity index (χ0n) is 13.2. The molecule has 1 aromatic heterocycles. The Bertz CT molecular complexity index is 1030. The Kier molecular flexibility index (Phi) is 3.47. The lowest BCUT2D eigenvalue weighted by Gasteiger charge is -2.00. The van der Waals surface area contributed by atoms with Gasteiger partial charge in [0.2, 0.25) is 5.91 Å². The van der Waals surface area contributed by atoms with Crippen LogP contribution in [0.2, 0.25) is 0 Å². The van der Waals surface area contributed by atoms with Crippen molar-refractivity contribution >= 4 is 29.2 Å². The average molecular weight is 330 g/mol. The van der Waals surface area contributed by atoms with E-state index < -0.39 is 5.91 Å². The predicted molar refractivity (Wildman–Crippen MR) is 95.6 cm³/mol. The summed E-state index contributed by atoms with van der Waals surface area (Å²) in [6, 6.07) is 18.0. The quantitative estimate of drug-likeness (QED) is 0.720. The molecule has 0 atom stereocenters. The van der Waals surface area contributed by atoms with Crippen molar-refractivity contribution in [2.24, 2.45) is 5.73 Å². The molecule has 3 N–H and O–H groups in total. The van der Waals surface area contributed by atoms with Crippen LogP contribution in [0.4, 0.5) is 5.69 Å². The molecule has 0 radical (unpaired) electrons. The molecule has 3 aromatic rings. The fourth-order valence-corrected chi connectivity index (χ4v) is 2.84. The van der Waals surface area contributed by atoms with E-state index in [1.165, 1.54) is 0 Å². The van der Waals surface area contributed by atoms with Crippen LogP contribution in [0.3, 0.4) is 0 Å². The van der Waals surface area contributed by atoms with Gasteiger partial charge in [-0.15, -0.1) is 0 Å². The molecular weight excluding hydrogens is 316 g/mol. The normalized spacial score (nSPS) is 14.4. The number of amides is 2. The molecule has 25 heavy (non-hydrogen) atoms. The third-order valence-electron chi connectivity index (χ3n) is 4.06. The molecule has 122 valence electrons. The van der Waals surface area contributed by atoms with Crippen LogP contribution < -0.4 is 11.1 Å². The number of hydrogen-bond donors (Lipinski definition) is 2. The molecule has 4 rings (SSSR count). The van der Waals surface area contributed by atoms with Gasteiger partial charge in [0.25, 0.3) is 5.91 Å². The number of primary amides is 1. The van der Waals surface area contributed by atoms with Crippen LogP contribution >= 0.6 is 0 Å². The second-order valence-electron chi connectivity index (χ2n) is 5.70. The van der Waals surface area contributed by atoms with Crippen molar-refractivity contribution in [2.75, 3.05) is 5.32 Å². The molecule has 5 nitrogen and oxygen atoms in total. The number of benzene rings is 2. The van der Waals surface area contributed by atoms with E-state index in [1.54, 1.807) is 36.4 Å². The Hall–Kier alpha value is -3.60. The second-order valence-corrected chi connectivity index (χ2v) is 5.70. The maximum Gasteiger partial charge on any atom is 0.256 e. The molecule has 0 fully saturated rings. The number of anilines is 1. The minimum Gasteiger partial charge on any atom is -0.457 e. The van der Waals surface area contributed by atoms with Gasteiger partial charge in [0, 0.05) is 22.4 Å². The topological polar surface area (TPSA) is 85.3 Å². The summed E-state index contributed by atoms with van der Waals surface area (Å²) < 4.78 is 5.82. The van der Waals surface area contributed by atoms with Gasteiger partial charge >= 0.3 is 0 Å². The van der Waals surface area contributed by atoms with Crippen molar-refractivity contribution in [3.8, 4) is 11.3 Å². The first kappa shape index (κ1) is 15.0. The molecule has 2 heterocycles. The number of carbonyl (C=O) groups is 2. The molecule has 0 unspecified atom stereocenters. The van der Waals surface area contributed by atoms with Gasteiger partial charge in [-0.25, -0.2) is 0 Å². The minimum atomic E-state index is -0.491. The second kappa shape index (κ2) is 5.79. The summed E-state index contributed by atoms with van der Waals surface area (Å²) in [7, 11) is 0. The number of nitrogens with two attached hydrogens (primary N) is 1. The highest BCUT2D eigenvalue weighted by Crippen LogP contribution is 2.33. The summed E-state index contributed by atoms with van der Waals surface area (Å²) in [5, 5.41) is 2.83. The summed E-state index contributed by atoms with van der Waals surface area (Å²) in [6.07, 6.45) is 1.71. The zero-order valence-corrected chi connectivity index (χ0v) is 13.2. The largest absolute Gasteiger partial charge is 0.457 e. The molecule has 0 saturated heterocycles. The van der Waals surface area contributed by atoms with E-state index in [-0.39, 0.29) is 5.91 Å². The van der Waals surface area contributed by atoms with Crippen LogP contribution in [0.1, 0.15) is 21.7 Å². The van der Waals surface area contributed by atoms with Crippen LogP contribution in [0.15, 0.2) is 65.1 Å². The Morgan fingerprint density at radius 1 is 1.04 bits per heavy atom. The lowest BCUT2D eigenvalue weighted by atomic mass is 10.1. The van der Waals surface area contributed by atoms with Gasteiger partial charge in [-0.1, -0.05) is 30.3 Å². The van der Waals surface area contributed by atoms with Gasteiger partial charge in [0.05, 0.1) is 5.57 Å². The van der Waals surface area contributed by atoms with Crippen molar-refractivity contribution < 1.29 is 14.0 Å². The maximum absolute atomic E-state index is 12.2. The number of carbonyl (C=O) groups excluding carboxylic acids is 2. The number of fused-ring (bicyclic) bond motifs is 1. The van der Waals surface area contributed by atoms with Crippen LogP contribution in [0.25, 0.3) is 23.0 Å². The van der Waals surface area contributed by atoms with E-state index in [9.17, 15) is 9.59 Å². The number of rotatable bonds is 3. The Balaban J connectivity index is 1.70. The first-order valence-corrected chi connectivity index (χ1v) is 7.74. The van der Waals surface area contributed by atoms with Crippen molar-refractivity contribution in [2.45, 2.75) is 0 Å². The Morgan fingerprint density at radius 2 is 1.88 bits per heavy atom. The summed E-state index contributed by atoms with van der Waals surface area (Å²) >= 11 is 0. The molecule has 1 aliphatic heterocycles. The Labute approximate surface area is 143 Å². The predicted octanol–water partition coefficient (Wildman–Crippen LogP) is 3.54. The van der Waals surface area contributed by atoms with E-state index in [1.807, 2.05) is 30.3 Å². The third kappa shape index (κ3) is 2.72. The molecule has 0 spiro atoms. The maximum atomic E-state index is 12.2. The van der Waals surface area contributed by atoms with E-state index in [2.05, 4.69) is 5.32 Å². The molecular formula is C20H14N2O3. The summed E-state index contributed by atoms with van der Waals surface area (Å²) in [5.41, 5.74) is 8.67. The first-order valence-electron chi connectivity index (χ1n) is 7.74.